The molecule has 1 aromatic carbocycles. The standard InChI is InChI=1S/C16H14FN5O3/c1-10(23)19-7-13-9-21(16(24)25-13)12-2-3-15(14(17)4-12)22-8-11(5-18)6-20-22/h2-4,6,8,13H,7,9H2,1H3,(H,19,23). The molecule has 2 aromatic rings. The summed E-state index contributed by atoms with van der Waals surface area (Å²) in [5.41, 5.74) is 0.809. The third-order valence-corrected chi connectivity index (χ3v) is 3.65. The predicted molar refractivity (Wildman–Crippen MR) is 84.5 cm³/mol. The Kier molecular flexibility index (Phi) is 4.35. The van der Waals surface area contributed by atoms with Crippen LogP contribution in [0.1, 0.15) is 12.5 Å². The number of halogens is 1. The van der Waals surface area contributed by atoms with Crippen LogP contribution in [-0.2, 0) is 9.53 Å². The summed E-state index contributed by atoms with van der Waals surface area (Å²) >= 11 is 0. The zero-order valence-corrected chi connectivity index (χ0v) is 13.3. The van der Waals surface area contributed by atoms with Crippen molar-refractivity contribution < 1.29 is 18.7 Å². The van der Waals surface area contributed by atoms with E-state index in [4.69, 9.17) is 10.00 Å². The fraction of sp³-hybridized carbons (Fsp3) is 0.250. The summed E-state index contributed by atoms with van der Waals surface area (Å²) in [6, 6.07) is 6.15. The second-order valence-electron chi connectivity index (χ2n) is 5.47. The van der Waals surface area contributed by atoms with E-state index in [1.165, 1.54) is 41.0 Å². The molecule has 1 aliphatic rings. The normalized spacial score (nSPS) is 16.4. The number of anilines is 1. The molecule has 1 aliphatic heterocycles. The van der Waals surface area contributed by atoms with Crippen LogP contribution in [0.2, 0.25) is 0 Å². The van der Waals surface area contributed by atoms with Crippen molar-refractivity contribution in [2.24, 2.45) is 0 Å². The number of hydrogen-bond donors (Lipinski definition) is 1. The maximum Gasteiger partial charge on any atom is 0.414 e. The van der Waals surface area contributed by atoms with Gasteiger partial charge in [-0.25, -0.2) is 13.9 Å². The lowest BCUT2D eigenvalue weighted by atomic mass is 10.2. The van der Waals surface area contributed by atoms with Gasteiger partial charge in [0.05, 0.1) is 30.5 Å². The summed E-state index contributed by atoms with van der Waals surface area (Å²) < 4.78 is 20.8. The lowest BCUT2D eigenvalue weighted by Crippen LogP contribution is -2.33. The number of carbonyl (C=O) groups excluding carboxylic acids is 2. The summed E-state index contributed by atoms with van der Waals surface area (Å²) in [5, 5.41) is 15.3. The van der Waals surface area contributed by atoms with Crippen molar-refractivity contribution in [2.45, 2.75) is 13.0 Å². The average molecular weight is 343 g/mol. The van der Waals surface area contributed by atoms with E-state index in [0.717, 1.165) is 0 Å². The van der Waals surface area contributed by atoms with Crippen LogP contribution in [0.3, 0.4) is 0 Å². The van der Waals surface area contributed by atoms with Crippen molar-refractivity contribution in [1.29, 1.82) is 5.26 Å². The van der Waals surface area contributed by atoms with Gasteiger partial charge in [-0.2, -0.15) is 10.4 Å². The second-order valence-corrected chi connectivity index (χ2v) is 5.47. The topological polar surface area (TPSA) is 100 Å². The van der Waals surface area contributed by atoms with Crippen LogP contribution in [0.4, 0.5) is 14.9 Å². The van der Waals surface area contributed by atoms with E-state index in [2.05, 4.69) is 10.4 Å². The lowest BCUT2D eigenvalue weighted by Gasteiger charge is -2.14. The van der Waals surface area contributed by atoms with Crippen LogP contribution < -0.4 is 10.2 Å². The highest BCUT2D eigenvalue weighted by Gasteiger charge is 2.32. The molecule has 0 aliphatic carbocycles. The molecule has 1 N–H and O–H groups in total. The van der Waals surface area contributed by atoms with Gasteiger partial charge in [-0.15, -0.1) is 0 Å². The van der Waals surface area contributed by atoms with Crippen LogP contribution in [0.25, 0.3) is 5.69 Å². The Morgan fingerprint density at radius 3 is 3.00 bits per heavy atom. The van der Waals surface area contributed by atoms with Crippen molar-refractivity contribution in [3.8, 4) is 11.8 Å². The molecule has 1 aromatic heterocycles. The lowest BCUT2D eigenvalue weighted by molar-refractivity contribution is -0.119. The van der Waals surface area contributed by atoms with Crippen LogP contribution in [0.15, 0.2) is 30.6 Å². The molecule has 8 nitrogen and oxygen atoms in total. The molecule has 1 unspecified atom stereocenters. The fourth-order valence-electron chi connectivity index (χ4n) is 2.46. The van der Waals surface area contributed by atoms with E-state index in [1.807, 2.05) is 6.07 Å². The summed E-state index contributed by atoms with van der Waals surface area (Å²) in [6.45, 7) is 1.77. The van der Waals surface area contributed by atoms with E-state index in [9.17, 15) is 14.0 Å². The van der Waals surface area contributed by atoms with Gasteiger partial charge in [-0.1, -0.05) is 0 Å². The molecule has 0 bridgehead atoms. The van der Waals surface area contributed by atoms with Crippen molar-refractivity contribution in [3.05, 3.63) is 42.0 Å². The Bertz CT molecular complexity index is 873. The Morgan fingerprint density at radius 2 is 2.36 bits per heavy atom. The predicted octanol–water partition coefficient (Wildman–Crippen LogP) is 1.34. The molecule has 2 heterocycles. The molecule has 1 atom stereocenters. The highest BCUT2D eigenvalue weighted by molar-refractivity contribution is 5.90. The summed E-state index contributed by atoms with van der Waals surface area (Å²) in [4.78, 5) is 24.2. The highest BCUT2D eigenvalue weighted by atomic mass is 19.1. The fourth-order valence-corrected chi connectivity index (χ4v) is 2.46. The van der Waals surface area contributed by atoms with Gasteiger partial charge in [-0.05, 0) is 18.2 Å². The summed E-state index contributed by atoms with van der Waals surface area (Å²) in [6.07, 6.45) is 1.64. The number of nitrogens with zero attached hydrogens (tertiary/aromatic N) is 4. The van der Waals surface area contributed by atoms with Gasteiger partial charge in [0.15, 0.2) is 5.82 Å². The SMILES string of the molecule is CC(=O)NCC1CN(c2ccc(-n3cc(C#N)cn3)c(F)c2)C(=O)O1. The zero-order valence-electron chi connectivity index (χ0n) is 13.3. The average Bonchev–Trinajstić information content (AvgIpc) is 3.19. The minimum atomic E-state index is -0.603. The first-order valence-electron chi connectivity index (χ1n) is 7.45. The Hall–Kier alpha value is -3.41. The molecule has 2 amide bonds. The zero-order chi connectivity index (χ0) is 18.0. The van der Waals surface area contributed by atoms with E-state index >= 15 is 0 Å². The molecule has 0 radical (unpaired) electrons. The Morgan fingerprint density at radius 1 is 1.56 bits per heavy atom. The molecule has 0 spiro atoms. The minimum absolute atomic E-state index is 0.160. The van der Waals surface area contributed by atoms with Crippen LogP contribution in [0, 0.1) is 17.1 Å². The number of hydrogen-bond acceptors (Lipinski definition) is 5. The van der Waals surface area contributed by atoms with E-state index in [-0.39, 0.29) is 24.7 Å². The first-order chi connectivity index (χ1) is 12.0. The van der Waals surface area contributed by atoms with Crippen molar-refractivity contribution >= 4 is 17.7 Å². The first kappa shape index (κ1) is 16.4. The van der Waals surface area contributed by atoms with Gasteiger partial charge in [0.2, 0.25) is 5.91 Å². The van der Waals surface area contributed by atoms with Gasteiger partial charge in [0, 0.05) is 13.1 Å². The quantitative estimate of drug-likeness (QED) is 0.903. The van der Waals surface area contributed by atoms with Gasteiger partial charge in [0.25, 0.3) is 0 Å². The van der Waals surface area contributed by atoms with Crippen molar-refractivity contribution in [3.63, 3.8) is 0 Å². The van der Waals surface area contributed by atoms with Crippen LogP contribution in [-0.4, -0.2) is 41.0 Å². The Labute approximate surface area is 142 Å². The van der Waals surface area contributed by atoms with Crippen molar-refractivity contribution in [2.75, 3.05) is 18.0 Å². The monoisotopic (exact) mass is 343 g/mol. The number of amides is 2. The maximum absolute atomic E-state index is 14.4. The largest absolute Gasteiger partial charge is 0.442 e. The molecule has 1 saturated heterocycles. The molecule has 3 rings (SSSR count). The Balaban J connectivity index is 1.77. The highest BCUT2D eigenvalue weighted by Crippen LogP contribution is 2.25. The van der Waals surface area contributed by atoms with Gasteiger partial charge >= 0.3 is 6.09 Å². The number of benzene rings is 1. The number of cyclic esters (lactones) is 1. The van der Waals surface area contributed by atoms with Gasteiger partial charge in [-0.3, -0.25) is 9.69 Å². The molecular formula is C16H14FN5O3. The number of nitriles is 1. The molecule has 9 heteroatoms. The molecule has 0 saturated carbocycles. The second kappa shape index (κ2) is 6.60. The maximum atomic E-state index is 14.4. The number of carbonyl (C=O) groups is 2. The number of ether oxygens (including phenoxy) is 1. The van der Waals surface area contributed by atoms with E-state index in [0.29, 0.717) is 11.3 Å². The number of aromatic nitrogens is 2. The van der Waals surface area contributed by atoms with E-state index < -0.39 is 18.0 Å². The molecule has 1 fully saturated rings. The number of rotatable bonds is 4. The minimum Gasteiger partial charge on any atom is -0.442 e. The van der Waals surface area contributed by atoms with Crippen molar-refractivity contribution in [1.82, 2.24) is 15.1 Å². The summed E-state index contributed by atoms with van der Waals surface area (Å²) in [5.74, 6) is -0.816. The number of nitrogens with one attached hydrogen (secondary N) is 1. The first-order valence-corrected chi connectivity index (χ1v) is 7.45. The van der Waals surface area contributed by atoms with Gasteiger partial charge in [0.1, 0.15) is 17.9 Å². The van der Waals surface area contributed by atoms with Crippen LogP contribution in [0.5, 0.6) is 0 Å². The third-order valence-electron chi connectivity index (χ3n) is 3.65. The van der Waals surface area contributed by atoms with Gasteiger partial charge < -0.3 is 10.1 Å². The molecular weight excluding hydrogens is 329 g/mol. The van der Waals surface area contributed by atoms with Crippen LogP contribution >= 0.6 is 0 Å². The molecule has 25 heavy (non-hydrogen) atoms. The summed E-state index contributed by atoms with van der Waals surface area (Å²) in [7, 11) is 0. The van der Waals surface area contributed by atoms with E-state index in [1.54, 1.807) is 6.07 Å². The smallest absolute Gasteiger partial charge is 0.414 e. The third kappa shape index (κ3) is 3.42. The molecule has 128 valence electrons.